The van der Waals surface area contributed by atoms with Crippen LogP contribution in [-0.4, -0.2) is 34.8 Å². The van der Waals surface area contributed by atoms with E-state index >= 15 is 0 Å². The van der Waals surface area contributed by atoms with Crippen molar-refractivity contribution in [2.24, 2.45) is 5.92 Å². The molecule has 33 heavy (non-hydrogen) atoms. The van der Waals surface area contributed by atoms with Crippen molar-refractivity contribution >= 4 is 17.8 Å². The van der Waals surface area contributed by atoms with Gasteiger partial charge in [-0.1, -0.05) is 31.2 Å². The number of urea groups is 1. The molecular weight excluding hydrogens is 428 g/mol. The maximum absolute atomic E-state index is 13.8. The van der Waals surface area contributed by atoms with Crippen molar-refractivity contribution in [3.8, 4) is 0 Å². The SMILES string of the molecule is CC1CCC2(CC1)NC(=O)N(CC(=O)N[C@H](Cc1cccc(F)c1)c1cccc(F)c1)C2=O. The number of imide groups is 1. The molecule has 1 heterocycles. The molecule has 4 rings (SSSR count). The first-order valence-corrected chi connectivity index (χ1v) is 11.2. The zero-order valence-electron chi connectivity index (χ0n) is 18.4. The minimum absolute atomic E-state index is 0.217. The number of amides is 4. The Morgan fingerprint density at radius 3 is 2.45 bits per heavy atom. The van der Waals surface area contributed by atoms with Crippen molar-refractivity contribution in [1.82, 2.24) is 15.5 Å². The number of carbonyl (C=O) groups excluding carboxylic acids is 3. The summed E-state index contributed by atoms with van der Waals surface area (Å²) < 4.78 is 27.5. The van der Waals surface area contributed by atoms with Gasteiger partial charge in [0.05, 0.1) is 6.04 Å². The highest BCUT2D eigenvalue weighted by molar-refractivity contribution is 6.09. The summed E-state index contributed by atoms with van der Waals surface area (Å²) in [5.41, 5.74) is 0.199. The molecule has 2 aromatic rings. The Hall–Kier alpha value is -3.29. The lowest BCUT2D eigenvalue weighted by atomic mass is 9.77. The summed E-state index contributed by atoms with van der Waals surface area (Å²) in [5.74, 6) is -1.31. The number of rotatable bonds is 6. The molecule has 8 heteroatoms. The fourth-order valence-corrected chi connectivity index (χ4v) is 4.67. The highest BCUT2D eigenvalue weighted by atomic mass is 19.1. The van der Waals surface area contributed by atoms with Gasteiger partial charge in [-0.05, 0) is 73.4 Å². The summed E-state index contributed by atoms with van der Waals surface area (Å²) >= 11 is 0. The van der Waals surface area contributed by atoms with Gasteiger partial charge in [0.15, 0.2) is 0 Å². The summed E-state index contributed by atoms with van der Waals surface area (Å²) in [6.07, 6.45) is 3.00. The van der Waals surface area contributed by atoms with Gasteiger partial charge in [-0.15, -0.1) is 0 Å². The van der Waals surface area contributed by atoms with Gasteiger partial charge in [-0.2, -0.15) is 0 Å². The highest BCUT2D eigenvalue weighted by Crippen LogP contribution is 2.36. The minimum atomic E-state index is -0.923. The van der Waals surface area contributed by atoms with Crippen molar-refractivity contribution in [2.45, 2.75) is 50.6 Å². The topological polar surface area (TPSA) is 78.5 Å². The van der Waals surface area contributed by atoms with Crippen molar-refractivity contribution in [2.75, 3.05) is 6.54 Å². The van der Waals surface area contributed by atoms with Crippen molar-refractivity contribution in [1.29, 1.82) is 0 Å². The number of benzene rings is 2. The van der Waals surface area contributed by atoms with Crippen LogP contribution in [0.3, 0.4) is 0 Å². The van der Waals surface area contributed by atoms with Gasteiger partial charge >= 0.3 is 6.03 Å². The van der Waals surface area contributed by atoms with Gasteiger partial charge in [0.1, 0.15) is 23.7 Å². The molecule has 1 spiro atoms. The normalized spacial score (nSPS) is 23.5. The van der Waals surface area contributed by atoms with Crippen LogP contribution in [0, 0.1) is 17.6 Å². The third-order valence-corrected chi connectivity index (χ3v) is 6.59. The van der Waals surface area contributed by atoms with Crippen LogP contribution in [-0.2, 0) is 16.0 Å². The van der Waals surface area contributed by atoms with E-state index in [9.17, 15) is 23.2 Å². The maximum atomic E-state index is 13.8. The molecule has 0 bridgehead atoms. The number of hydrogen-bond donors (Lipinski definition) is 2. The fraction of sp³-hybridized carbons (Fsp3) is 0.400. The van der Waals surface area contributed by atoms with Crippen LogP contribution in [0.4, 0.5) is 13.6 Å². The molecule has 0 unspecified atom stereocenters. The van der Waals surface area contributed by atoms with Crippen LogP contribution in [0.25, 0.3) is 0 Å². The molecule has 1 aliphatic carbocycles. The Kier molecular flexibility index (Phi) is 6.44. The average Bonchev–Trinajstić information content (AvgIpc) is 2.99. The Balaban J connectivity index is 1.49. The Bertz CT molecular complexity index is 1070. The van der Waals surface area contributed by atoms with E-state index in [1.807, 2.05) is 0 Å². The second-order valence-corrected chi connectivity index (χ2v) is 9.10. The van der Waals surface area contributed by atoms with E-state index in [1.165, 1.54) is 30.3 Å². The summed E-state index contributed by atoms with van der Waals surface area (Å²) in [6.45, 7) is 1.68. The molecule has 1 aliphatic heterocycles. The van der Waals surface area contributed by atoms with Gasteiger partial charge in [0, 0.05) is 0 Å². The van der Waals surface area contributed by atoms with E-state index in [1.54, 1.807) is 18.2 Å². The number of hydrogen-bond acceptors (Lipinski definition) is 3. The molecule has 2 aromatic carbocycles. The monoisotopic (exact) mass is 455 g/mol. The summed E-state index contributed by atoms with van der Waals surface area (Å²) in [5, 5.41) is 5.59. The first-order chi connectivity index (χ1) is 15.8. The third kappa shape index (κ3) is 5.05. The molecule has 2 fully saturated rings. The number of carbonyl (C=O) groups is 3. The molecule has 4 amide bonds. The Morgan fingerprint density at radius 1 is 1.12 bits per heavy atom. The number of nitrogens with zero attached hydrogens (tertiary/aromatic N) is 1. The van der Waals surface area contributed by atoms with Gasteiger partial charge in [-0.3, -0.25) is 14.5 Å². The predicted molar refractivity (Wildman–Crippen MR) is 118 cm³/mol. The largest absolute Gasteiger partial charge is 0.347 e. The quantitative estimate of drug-likeness (QED) is 0.650. The summed E-state index contributed by atoms with van der Waals surface area (Å²) in [6, 6.07) is 10.5. The van der Waals surface area contributed by atoms with Gasteiger partial charge in [0.25, 0.3) is 5.91 Å². The lowest BCUT2D eigenvalue weighted by Gasteiger charge is -2.33. The number of halogens is 2. The van der Waals surface area contributed by atoms with E-state index in [-0.39, 0.29) is 12.3 Å². The van der Waals surface area contributed by atoms with Crippen LogP contribution in [0.5, 0.6) is 0 Å². The van der Waals surface area contributed by atoms with Crippen molar-refractivity contribution in [3.05, 3.63) is 71.3 Å². The molecule has 2 N–H and O–H groups in total. The molecule has 0 radical (unpaired) electrons. The summed E-state index contributed by atoms with van der Waals surface area (Å²) in [4.78, 5) is 39.4. The van der Waals surface area contributed by atoms with Crippen LogP contribution in [0.1, 0.15) is 49.8 Å². The fourth-order valence-electron chi connectivity index (χ4n) is 4.67. The molecule has 1 saturated heterocycles. The smallest absolute Gasteiger partial charge is 0.325 e. The first kappa shape index (κ1) is 22.9. The molecular formula is C25H27F2N3O3. The van der Waals surface area contributed by atoms with Crippen molar-refractivity contribution < 1.29 is 23.2 Å². The zero-order valence-corrected chi connectivity index (χ0v) is 18.4. The second kappa shape index (κ2) is 9.29. The second-order valence-electron chi connectivity index (χ2n) is 9.10. The van der Waals surface area contributed by atoms with Gasteiger partial charge in [-0.25, -0.2) is 13.6 Å². The van der Waals surface area contributed by atoms with E-state index in [0.717, 1.165) is 17.7 Å². The number of nitrogens with one attached hydrogen (secondary N) is 2. The molecule has 1 saturated carbocycles. The standard InChI is InChI=1S/C25H27F2N3O3/c1-16-8-10-25(11-9-16)23(32)30(24(33)29-25)15-22(31)28-21(18-5-3-7-20(27)14-18)13-17-4-2-6-19(26)12-17/h2-7,12,14,16,21H,8-11,13,15H2,1H3,(H,28,31)(H,29,33)/t16?,21-,25?/m1/s1. The zero-order chi connectivity index (χ0) is 23.6. The van der Waals surface area contributed by atoms with Crippen molar-refractivity contribution in [3.63, 3.8) is 0 Å². The first-order valence-electron chi connectivity index (χ1n) is 11.2. The molecule has 1 atom stereocenters. The maximum Gasteiger partial charge on any atom is 0.325 e. The van der Waals surface area contributed by atoms with E-state index in [2.05, 4.69) is 17.6 Å². The molecule has 174 valence electrons. The average molecular weight is 456 g/mol. The Morgan fingerprint density at radius 2 is 1.79 bits per heavy atom. The van der Waals surface area contributed by atoms with Gasteiger partial charge < -0.3 is 10.6 Å². The van der Waals surface area contributed by atoms with E-state index in [0.29, 0.717) is 29.9 Å². The Labute approximate surface area is 191 Å². The molecule has 2 aliphatic rings. The van der Waals surface area contributed by atoms with Crippen LogP contribution in [0.15, 0.2) is 48.5 Å². The lowest BCUT2D eigenvalue weighted by Crippen LogP contribution is -2.50. The predicted octanol–water partition coefficient (Wildman–Crippen LogP) is 3.87. The molecule has 6 nitrogen and oxygen atoms in total. The third-order valence-electron chi connectivity index (χ3n) is 6.59. The highest BCUT2D eigenvalue weighted by Gasteiger charge is 2.52. The van der Waals surface area contributed by atoms with Crippen LogP contribution < -0.4 is 10.6 Å². The van der Waals surface area contributed by atoms with E-state index in [4.69, 9.17) is 0 Å². The molecule has 0 aromatic heterocycles. The summed E-state index contributed by atoms with van der Waals surface area (Å²) in [7, 11) is 0. The van der Waals surface area contributed by atoms with Crippen LogP contribution in [0.2, 0.25) is 0 Å². The minimum Gasteiger partial charge on any atom is -0.347 e. The van der Waals surface area contributed by atoms with Gasteiger partial charge in [0.2, 0.25) is 5.91 Å². The van der Waals surface area contributed by atoms with E-state index < -0.39 is 41.7 Å². The van der Waals surface area contributed by atoms with Crippen LogP contribution >= 0.6 is 0 Å². The lowest BCUT2D eigenvalue weighted by molar-refractivity contribution is -0.136.